The average molecular weight is 385 g/mol. The lowest BCUT2D eigenvalue weighted by atomic mass is 10.1. The smallest absolute Gasteiger partial charge is 0.257 e. The zero-order chi connectivity index (χ0) is 20.4. The number of amides is 1. The van der Waals surface area contributed by atoms with E-state index in [2.05, 4.69) is 11.9 Å². The van der Waals surface area contributed by atoms with Crippen molar-refractivity contribution in [1.29, 1.82) is 0 Å². The number of hydrogen-bond acceptors (Lipinski definition) is 5. The van der Waals surface area contributed by atoms with E-state index in [1.165, 1.54) is 0 Å². The van der Waals surface area contributed by atoms with Crippen LogP contribution in [-0.2, 0) is 17.6 Å². The molecule has 0 unspecified atom stereocenters. The number of nitrogens with one attached hydrogen (secondary N) is 1. The summed E-state index contributed by atoms with van der Waals surface area (Å²) in [5, 5.41) is 2.85. The molecule has 0 saturated heterocycles. The van der Waals surface area contributed by atoms with Crippen LogP contribution in [0, 0.1) is 0 Å². The monoisotopic (exact) mass is 385 g/mol. The summed E-state index contributed by atoms with van der Waals surface area (Å²) in [5.74, 6) is 2.28. The van der Waals surface area contributed by atoms with E-state index in [9.17, 15) is 4.79 Å². The molecule has 0 spiro atoms. The predicted octanol–water partition coefficient (Wildman–Crippen LogP) is 3.18. The van der Waals surface area contributed by atoms with Crippen molar-refractivity contribution in [2.24, 2.45) is 0 Å². The first kappa shape index (κ1) is 21.2. The predicted molar refractivity (Wildman–Crippen MR) is 109 cm³/mol. The van der Waals surface area contributed by atoms with Crippen LogP contribution in [0.1, 0.15) is 11.1 Å². The van der Waals surface area contributed by atoms with Gasteiger partial charge in [0.2, 0.25) is 0 Å². The highest BCUT2D eigenvalue weighted by Crippen LogP contribution is 2.29. The molecule has 1 amide bonds. The van der Waals surface area contributed by atoms with Gasteiger partial charge in [-0.25, -0.2) is 0 Å². The lowest BCUT2D eigenvalue weighted by molar-refractivity contribution is -0.123. The Labute approximate surface area is 166 Å². The van der Waals surface area contributed by atoms with Gasteiger partial charge in [0.1, 0.15) is 0 Å². The molecule has 6 heteroatoms. The van der Waals surface area contributed by atoms with Crippen molar-refractivity contribution in [1.82, 2.24) is 5.32 Å². The number of hydrogen-bond donors (Lipinski definition) is 1. The average Bonchev–Trinajstić information content (AvgIpc) is 2.72. The number of ether oxygens (including phenoxy) is 4. The molecule has 28 heavy (non-hydrogen) atoms. The van der Waals surface area contributed by atoms with Crippen molar-refractivity contribution < 1.29 is 23.7 Å². The molecule has 0 atom stereocenters. The van der Waals surface area contributed by atoms with Crippen LogP contribution in [0.15, 0.2) is 49.1 Å². The van der Waals surface area contributed by atoms with Crippen LogP contribution in [0.5, 0.6) is 23.0 Å². The Morgan fingerprint density at radius 2 is 1.54 bits per heavy atom. The Bertz CT molecular complexity index is 804. The highest BCUT2D eigenvalue weighted by molar-refractivity contribution is 5.77. The van der Waals surface area contributed by atoms with Gasteiger partial charge in [0.05, 0.1) is 21.3 Å². The van der Waals surface area contributed by atoms with Crippen LogP contribution in [-0.4, -0.2) is 40.4 Å². The summed E-state index contributed by atoms with van der Waals surface area (Å²) in [6.45, 7) is 4.14. The highest BCUT2D eigenvalue weighted by Gasteiger charge is 2.09. The van der Waals surface area contributed by atoms with E-state index in [0.717, 1.165) is 17.5 Å². The molecule has 150 valence electrons. The van der Waals surface area contributed by atoms with Crippen LogP contribution >= 0.6 is 0 Å². The third-order valence-electron chi connectivity index (χ3n) is 4.15. The summed E-state index contributed by atoms with van der Waals surface area (Å²) in [6, 6.07) is 11.3. The van der Waals surface area contributed by atoms with Gasteiger partial charge in [0, 0.05) is 6.54 Å². The molecule has 6 nitrogen and oxygen atoms in total. The first-order valence-electron chi connectivity index (χ1n) is 8.99. The Balaban J connectivity index is 1.82. The molecule has 0 aromatic heterocycles. The zero-order valence-electron chi connectivity index (χ0n) is 16.6. The van der Waals surface area contributed by atoms with Crippen LogP contribution in [0.4, 0.5) is 0 Å². The van der Waals surface area contributed by atoms with Gasteiger partial charge >= 0.3 is 0 Å². The van der Waals surface area contributed by atoms with Gasteiger partial charge in [0.15, 0.2) is 29.6 Å². The fourth-order valence-corrected chi connectivity index (χ4v) is 2.70. The number of carbonyl (C=O) groups is 1. The first-order chi connectivity index (χ1) is 13.6. The van der Waals surface area contributed by atoms with Crippen molar-refractivity contribution in [2.75, 3.05) is 34.5 Å². The Hall–Kier alpha value is -3.15. The van der Waals surface area contributed by atoms with E-state index in [0.29, 0.717) is 36.0 Å². The van der Waals surface area contributed by atoms with Crippen molar-refractivity contribution >= 4 is 5.91 Å². The Morgan fingerprint density at radius 1 is 0.929 bits per heavy atom. The summed E-state index contributed by atoms with van der Waals surface area (Å²) in [7, 11) is 4.77. The molecular formula is C22H27NO5. The van der Waals surface area contributed by atoms with E-state index in [1.54, 1.807) is 27.4 Å². The second-order valence-corrected chi connectivity index (χ2v) is 6.06. The zero-order valence-corrected chi connectivity index (χ0v) is 16.6. The SMILES string of the molecule is C=CCc1ccc(OCC(=O)NCCc2ccc(OC)c(OC)c2)c(OC)c1. The second kappa shape index (κ2) is 10.9. The topological polar surface area (TPSA) is 66.0 Å². The maximum Gasteiger partial charge on any atom is 0.257 e. The largest absolute Gasteiger partial charge is 0.493 e. The minimum Gasteiger partial charge on any atom is -0.493 e. The number of methoxy groups -OCH3 is 3. The van der Waals surface area contributed by atoms with Crippen LogP contribution < -0.4 is 24.3 Å². The molecule has 0 aliphatic carbocycles. The maximum atomic E-state index is 12.1. The van der Waals surface area contributed by atoms with E-state index in [-0.39, 0.29) is 12.5 Å². The van der Waals surface area contributed by atoms with Crippen molar-refractivity contribution in [3.8, 4) is 23.0 Å². The standard InChI is InChI=1S/C22H27NO5/c1-5-6-16-8-10-19(21(13-16)27-4)28-15-22(24)23-12-11-17-7-9-18(25-2)20(14-17)26-3/h5,7-10,13-14H,1,6,11-12,15H2,2-4H3,(H,23,24). The van der Waals surface area contributed by atoms with Gasteiger partial charge in [-0.15, -0.1) is 6.58 Å². The van der Waals surface area contributed by atoms with Gasteiger partial charge in [-0.3, -0.25) is 4.79 Å². The normalized spacial score (nSPS) is 10.1. The van der Waals surface area contributed by atoms with Crippen molar-refractivity contribution in [3.63, 3.8) is 0 Å². The molecule has 1 N–H and O–H groups in total. The summed E-state index contributed by atoms with van der Waals surface area (Å²) in [5.41, 5.74) is 2.11. The van der Waals surface area contributed by atoms with Crippen molar-refractivity contribution in [3.05, 3.63) is 60.2 Å². The molecule has 0 fully saturated rings. The molecule has 0 heterocycles. The molecule has 2 rings (SSSR count). The fourth-order valence-electron chi connectivity index (χ4n) is 2.70. The van der Waals surface area contributed by atoms with Crippen LogP contribution in [0.25, 0.3) is 0 Å². The molecular weight excluding hydrogens is 358 g/mol. The Kier molecular flexibility index (Phi) is 8.21. The summed E-state index contributed by atoms with van der Waals surface area (Å²) >= 11 is 0. The first-order valence-corrected chi connectivity index (χ1v) is 8.99. The van der Waals surface area contributed by atoms with E-state index in [1.807, 2.05) is 36.4 Å². The minimum atomic E-state index is -0.197. The fraction of sp³-hybridized carbons (Fsp3) is 0.318. The summed E-state index contributed by atoms with van der Waals surface area (Å²) in [4.78, 5) is 12.1. The minimum absolute atomic E-state index is 0.0803. The van der Waals surface area contributed by atoms with Gasteiger partial charge in [-0.05, 0) is 48.2 Å². The summed E-state index contributed by atoms with van der Waals surface area (Å²) < 4.78 is 21.4. The third-order valence-corrected chi connectivity index (χ3v) is 4.15. The molecule has 0 bridgehead atoms. The van der Waals surface area contributed by atoms with Gasteiger partial charge in [-0.2, -0.15) is 0 Å². The molecule has 0 radical (unpaired) electrons. The highest BCUT2D eigenvalue weighted by atomic mass is 16.5. The third kappa shape index (κ3) is 5.94. The van der Waals surface area contributed by atoms with Crippen LogP contribution in [0.3, 0.4) is 0 Å². The van der Waals surface area contributed by atoms with Crippen molar-refractivity contribution in [2.45, 2.75) is 12.8 Å². The quantitative estimate of drug-likeness (QED) is 0.602. The van der Waals surface area contributed by atoms with Gasteiger partial charge in [0.25, 0.3) is 5.91 Å². The van der Waals surface area contributed by atoms with E-state index < -0.39 is 0 Å². The van der Waals surface area contributed by atoms with Crippen LogP contribution in [0.2, 0.25) is 0 Å². The second-order valence-electron chi connectivity index (χ2n) is 6.06. The Morgan fingerprint density at radius 3 is 2.21 bits per heavy atom. The molecule has 0 saturated carbocycles. The van der Waals surface area contributed by atoms with E-state index >= 15 is 0 Å². The number of allylic oxidation sites excluding steroid dienone is 1. The van der Waals surface area contributed by atoms with Gasteiger partial charge < -0.3 is 24.3 Å². The van der Waals surface area contributed by atoms with E-state index in [4.69, 9.17) is 18.9 Å². The number of carbonyl (C=O) groups excluding carboxylic acids is 1. The molecule has 0 aliphatic rings. The molecule has 0 aliphatic heterocycles. The number of benzene rings is 2. The molecule has 2 aromatic rings. The molecule has 2 aromatic carbocycles. The lowest BCUT2D eigenvalue weighted by Gasteiger charge is -2.12. The number of rotatable bonds is 11. The van der Waals surface area contributed by atoms with Gasteiger partial charge in [-0.1, -0.05) is 18.2 Å². The lowest BCUT2D eigenvalue weighted by Crippen LogP contribution is -2.30. The maximum absolute atomic E-state index is 12.1. The summed E-state index contributed by atoms with van der Waals surface area (Å²) in [6.07, 6.45) is 3.24.